The Labute approximate surface area is 117 Å². The lowest BCUT2D eigenvalue weighted by molar-refractivity contribution is -0.384. The Hall–Kier alpha value is -1.66. The average molecular weight is 280 g/mol. The van der Waals surface area contributed by atoms with Crippen molar-refractivity contribution in [3.05, 3.63) is 33.9 Å². The first-order valence-electron chi connectivity index (χ1n) is 6.85. The van der Waals surface area contributed by atoms with E-state index in [0.29, 0.717) is 17.2 Å². The summed E-state index contributed by atoms with van der Waals surface area (Å²) >= 11 is 0. The van der Waals surface area contributed by atoms with Gasteiger partial charge >= 0.3 is 0 Å². The van der Waals surface area contributed by atoms with Crippen molar-refractivity contribution in [2.45, 2.75) is 25.9 Å². The first-order valence-corrected chi connectivity index (χ1v) is 6.85. The molecule has 0 aliphatic carbocycles. The van der Waals surface area contributed by atoms with Crippen molar-refractivity contribution in [3.63, 3.8) is 0 Å². The Bertz CT molecular complexity index is 490. The van der Waals surface area contributed by atoms with Crippen molar-refractivity contribution < 1.29 is 15.1 Å². The largest absolute Gasteiger partial charge is 0.396 e. The predicted octanol–water partition coefficient (Wildman–Crippen LogP) is 1.86. The molecule has 1 aromatic carbocycles. The van der Waals surface area contributed by atoms with Crippen molar-refractivity contribution in [2.24, 2.45) is 5.92 Å². The molecule has 2 N–H and O–H groups in total. The Kier molecular flexibility index (Phi) is 4.57. The van der Waals surface area contributed by atoms with Crippen molar-refractivity contribution in [2.75, 3.05) is 24.6 Å². The molecule has 0 radical (unpaired) electrons. The molecule has 1 fully saturated rings. The number of anilines is 1. The molecule has 2 atom stereocenters. The molecule has 1 saturated heterocycles. The highest BCUT2D eigenvalue weighted by Gasteiger charge is 2.27. The maximum Gasteiger partial charge on any atom is 0.292 e. The molecule has 0 saturated carbocycles. The van der Waals surface area contributed by atoms with Crippen LogP contribution in [-0.2, 0) is 0 Å². The van der Waals surface area contributed by atoms with E-state index in [9.17, 15) is 15.2 Å². The summed E-state index contributed by atoms with van der Waals surface area (Å²) in [6.45, 7) is 3.24. The van der Waals surface area contributed by atoms with E-state index in [2.05, 4.69) is 0 Å². The summed E-state index contributed by atoms with van der Waals surface area (Å²) in [6, 6.07) is 4.88. The number of nitro groups is 1. The molecule has 1 aliphatic rings. The summed E-state index contributed by atoms with van der Waals surface area (Å²) in [5.74, 6) is 0.385. The molecule has 0 bridgehead atoms. The summed E-state index contributed by atoms with van der Waals surface area (Å²) < 4.78 is 0. The highest BCUT2D eigenvalue weighted by molar-refractivity contribution is 5.65. The van der Waals surface area contributed by atoms with Crippen LogP contribution in [0.15, 0.2) is 18.2 Å². The highest BCUT2D eigenvalue weighted by atomic mass is 16.6. The maximum absolute atomic E-state index is 11.2. The van der Waals surface area contributed by atoms with E-state index in [4.69, 9.17) is 5.11 Å². The van der Waals surface area contributed by atoms with Gasteiger partial charge in [0.25, 0.3) is 5.69 Å². The average Bonchev–Trinajstić information content (AvgIpc) is 2.86. The molecule has 0 amide bonds. The molecule has 110 valence electrons. The quantitative estimate of drug-likeness (QED) is 0.635. The molecular weight excluding hydrogens is 260 g/mol. The monoisotopic (exact) mass is 280 g/mol. The first-order chi connectivity index (χ1) is 9.52. The third-order valence-corrected chi connectivity index (χ3v) is 3.84. The van der Waals surface area contributed by atoms with E-state index >= 15 is 0 Å². The lowest BCUT2D eigenvalue weighted by atomic mass is 10.1. The lowest BCUT2D eigenvalue weighted by Crippen LogP contribution is -2.21. The second kappa shape index (κ2) is 6.19. The number of nitro benzene ring substituents is 1. The number of benzene rings is 1. The van der Waals surface area contributed by atoms with E-state index in [1.54, 1.807) is 19.1 Å². The fraction of sp³-hybridized carbons (Fsp3) is 0.571. The fourth-order valence-electron chi connectivity index (χ4n) is 2.68. The zero-order valence-corrected chi connectivity index (χ0v) is 11.5. The molecule has 2 rings (SSSR count). The van der Waals surface area contributed by atoms with Crippen molar-refractivity contribution >= 4 is 11.4 Å². The van der Waals surface area contributed by atoms with Crippen LogP contribution in [-0.4, -0.2) is 34.8 Å². The number of nitrogens with zero attached hydrogens (tertiary/aromatic N) is 2. The third-order valence-electron chi connectivity index (χ3n) is 3.84. The number of aliphatic hydroxyl groups is 2. The van der Waals surface area contributed by atoms with Gasteiger partial charge < -0.3 is 15.1 Å². The second-order valence-electron chi connectivity index (χ2n) is 5.29. The van der Waals surface area contributed by atoms with Crippen LogP contribution in [0.2, 0.25) is 0 Å². The number of hydrogen-bond donors (Lipinski definition) is 2. The molecule has 20 heavy (non-hydrogen) atoms. The minimum atomic E-state index is -0.719. The number of rotatable bonds is 5. The summed E-state index contributed by atoms with van der Waals surface area (Å²) in [4.78, 5) is 12.8. The van der Waals surface area contributed by atoms with Gasteiger partial charge in [-0.3, -0.25) is 10.1 Å². The van der Waals surface area contributed by atoms with Gasteiger partial charge in [0.1, 0.15) is 5.69 Å². The van der Waals surface area contributed by atoms with Gasteiger partial charge in [0, 0.05) is 25.8 Å². The molecule has 2 unspecified atom stereocenters. The van der Waals surface area contributed by atoms with E-state index in [0.717, 1.165) is 25.9 Å². The van der Waals surface area contributed by atoms with Gasteiger partial charge in [-0.1, -0.05) is 6.07 Å². The molecule has 0 spiro atoms. The summed E-state index contributed by atoms with van der Waals surface area (Å²) in [5.41, 5.74) is 1.18. The van der Waals surface area contributed by atoms with Gasteiger partial charge in [-0.15, -0.1) is 0 Å². The number of aliphatic hydroxyl groups excluding tert-OH is 2. The van der Waals surface area contributed by atoms with Gasteiger partial charge in [0.2, 0.25) is 0 Å². The fourth-order valence-corrected chi connectivity index (χ4v) is 2.68. The van der Waals surface area contributed by atoms with Gasteiger partial charge in [-0.2, -0.15) is 0 Å². The molecule has 1 heterocycles. The van der Waals surface area contributed by atoms with E-state index < -0.39 is 11.0 Å². The standard InChI is InChI=1S/C14H20N2O4/c1-10(18)12-2-3-13(14(8-12)16(19)20)15-6-4-11(9-15)5-7-17/h2-3,8,10-11,17-18H,4-7,9H2,1H3. The van der Waals surface area contributed by atoms with Crippen LogP contribution in [0.1, 0.15) is 31.4 Å². The lowest BCUT2D eigenvalue weighted by Gasteiger charge is -2.19. The van der Waals surface area contributed by atoms with Crippen LogP contribution < -0.4 is 4.90 Å². The third kappa shape index (κ3) is 3.08. The predicted molar refractivity (Wildman–Crippen MR) is 75.8 cm³/mol. The van der Waals surface area contributed by atoms with E-state index in [1.165, 1.54) is 6.07 Å². The Morgan fingerprint density at radius 3 is 2.90 bits per heavy atom. The van der Waals surface area contributed by atoms with Crippen molar-refractivity contribution in [1.82, 2.24) is 0 Å². The van der Waals surface area contributed by atoms with Gasteiger partial charge in [0.05, 0.1) is 11.0 Å². The Morgan fingerprint density at radius 1 is 1.55 bits per heavy atom. The highest BCUT2D eigenvalue weighted by Crippen LogP contribution is 2.34. The molecule has 1 aliphatic heterocycles. The first kappa shape index (κ1) is 14.7. The van der Waals surface area contributed by atoms with Crippen LogP contribution in [0, 0.1) is 16.0 Å². The summed E-state index contributed by atoms with van der Waals surface area (Å²) in [6.07, 6.45) is 0.954. The smallest absolute Gasteiger partial charge is 0.292 e. The topological polar surface area (TPSA) is 86.8 Å². The van der Waals surface area contributed by atoms with Gasteiger partial charge in [0.15, 0.2) is 0 Å². The molecule has 1 aromatic rings. The van der Waals surface area contributed by atoms with Crippen LogP contribution in [0.25, 0.3) is 0 Å². The maximum atomic E-state index is 11.2. The molecule has 6 heteroatoms. The normalized spacial score (nSPS) is 20.1. The Morgan fingerprint density at radius 2 is 2.30 bits per heavy atom. The van der Waals surface area contributed by atoms with Gasteiger partial charge in [-0.05, 0) is 37.3 Å². The van der Waals surface area contributed by atoms with Crippen molar-refractivity contribution in [3.8, 4) is 0 Å². The summed E-state index contributed by atoms with van der Waals surface area (Å²) in [5, 5.41) is 29.7. The second-order valence-corrected chi connectivity index (χ2v) is 5.29. The van der Waals surface area contributed by atoms with Crippen molar-refractivity contribution in [1.29, 1.82) is 0 Å². The minimum absolute atomic E-state index is 0.0352. The number of hydrogen-bond acceptors (Lipinski definition) is 5. The van der Waals surface area contributed by atoms with E-state index in [1.807, 2.05) is 4.90 Å². The zero-order chi connectivity index (χ0) is 14.7. The van der Waals surface area contributed by atoms with Crippen LogP contribution in [0.5, 0.6) is 0 Å². The van der Waals surface area contributed by atoms with Crippen LogP contribution in [0.3, 0.4) is 0 Å². The molecule has 0 aromatic heterocycles. The van der Waals surface area contributed by atoms with E-state index in [-0.39, 0.29) is 12.3 Å². The molecular formula is C14H20N2O4. The van der Waals surface area contributed by atoms with Crippen LogP contribution >= 0.6 is 0 Å². The SMILES string of the molecule is CC(O)c1ccc(N2CCC(CCO)C2)c([N+](=O)[O-])c1. The zero-order valence-electron chi connectivity index (χ0n) is 11.5. The minimum Gasteiger partial charge on any atom is -0.396 e. The summed E-state index contributed by atoms with van der Waals surface area (Å²) in [7, 11) is 0. The van der Waals surface area contributed by atoms with Gasteiger partial charge in [-0.25, -0.2) is 0 Å². The Balaban J connectivity index is 2.25. The van der Waals surface area contributed by atoms with Crippen LogP contribution in [0.4, 0.5) is 11.4 Å². The molecule has 6 nitrogen and oxygen atoms in total.